The molecule has 2 N–H and O–H groups in total. The maximum absolute atomic E-state index is 12.3. The molecule has 0 heterocycles. The summed E-state index contributed by atoms with van der Waals surface area (Å²) in [7, 11) is 1.52. The van der Waals surface area contributed by atoms with Gasteiger partial charge >= 0.3 is 0 Å². The number of methoxy groups -OCH3 is 1. The Kier molecular flexibility index (Phi) is 8.93. The van der Waals surface area contributed by atoms with E-state index in [1.807, 2.05) is 6.92 Å². The average molecular weight is 492 g/mol. The van der Waals surface area contributed by atoms with Crippen LogP contribution in [0.5, 0.6) is 17.2 Å². The van der Waals surface area contributed by atoms with Gasteiger partial charge in [-0.15, -0.1) is 0 Å². The number of ether oxygens (including phenoxy) is 3. The lowest BCUT2D eigenvalue weighted by Crippen LogP contribution is -2.20. The van der Waals surface area contributed by atoms with Crippen molar-refractivity contribution in [3.05, 3.63) is 88.0 Å². The molecule has 0 aliphatic rings. The van der Waals surface area contributed by atoms with Crippen LogP contribution in [-0.2, 0) is 4.79 Å². The molecule has 3 aromatic rings. The van der Waals surface area contributed by atoms with E-state index in [1.54, 1.807) is 42.5 Å². The molecule has 0 radical (unpaired) electrons. The number of hydrazone groups is 1. The topological polar surface area (TPSA) is 141 Å². The number of non-ortho nitro benzene ring substituents is 1. The molecule has 3 rings (SSSR count). The van der Waals surface area contributed by atoms with Gasteiger partial charge in [-0.05, 0) is 55.0 Å². The number of nitrogens with one attached hydrogen (secondary N) is 2. The zero-order chi connectivity index (χ0) is 25.9. The highest BCUT2D eigenvalue weighted by atomic mass is 16.6. The van der Waals surface area contributed by atoms with Gasteiger partial charge in [0.15, 0.2) is 18.1 Å². The van der Waals surface area contributed by atoms with E-state index < -0.39 is 10.8 Å². The van der Waals surface area contributed by atoms with Crippen molar-refractivity contribution in [2.75, 3.05) is 25.6 Å². The molecule has 11 heteroatoms. The third-order valence-electron chi connectivity index (χ3n) is 4.73. The molecule has 0 saturated carbocycles. The van der Waals surface area contributed by atoms with Crippen molar-refractivity contribution < 1.29 is 28.7 Å². The molecule has 0 bridgehead atoms. The zero-order valence-electron chi connectivity index (χ0n) is 19.6. The minimum absolute atomic E-state index is 0.113. The summed E-state index contributed by atoms with van der Waals surface area (Å²) in [5.74, 6) is 0.395. The maximum atomic E-state index is 12.3. The van der Waals surface area contributed by atoms with Crippen LogP contribution >= 0.6 is 0 Å². The molecule has 186 valence electrons. The molecule has 0 aromatic heterocycles. The van der Waals surface area contributed by atoms with Gasteiger partial charge in [0.2, 0.25) is 0 Å². The minimum Gasteiger partial charge on any atom is -0.495 e. The first-order valence-electron chi connectivity index (χ1n) is 10.8. The molecule has 3 aromatic carbocycles. The lowest BCUT2D eigenvalue weighted by atomic mass is 10.2. The maximum Gasteiger partial charge on any atom is 0.271 e. The zero-order valence-corrected chi connectivity index (χ0v) is 19.6. The van der Waals surface area contributed by atoms with Crippen molar-refractivity contribution in [3.8, 4) is 17.2 Å². The van der Waals surface area contributed by atoms with Gasteiger partial charge in [0.05, 0.1) is 30.5 Å². The second-order valence-electron chi connectivity index (χ2n) is 7.18. The van der Waals surface area contributed by atoms with Gasteiger partial charge in [-0.3, -0.25) is 19.7 Å². The molecule has 0 unspecified atom stereocenters. The summed E-state index contributed by atoms with van der Waals surface area (Å²) in [5.41, 5.74) is 3.61. The van der Waals surface area contributed by atoms with Crippen LogP contribution in [0.3, 0.4) is 0 Å². The number of anilines is 1. The lowest BCUT2D eigenvalue weighted by molar-refractivity contribution is -0.384. The number of hydrogen-bond acceptors (Lipinski definition) is 8. The fraction of sp³-hybridized carbons (Fsp3) is 0.160. The summed E-state index contributed by atoms with van der Waals surface area (Å²) in [6, 6.07) is 17.1. The normalized spacial score (nSPS) is 10.5. The van der Waals surface area contributed by atoms with Crippen molar-refractivity contribution in [3.63, 3.8) is 0 Å². The van der Waals surface area contributed by atoms with E-state index in [-0.39, 0.29) is 23.8 Å². The Morgan fingerprint density at radius 3 is 2.44 bits per heavy atom. The van der Waals surface area contributed by atoms with Crippen LogP contribution in [0.4, 0.5) is 11.4 Å². The molecule has 0 saturated heterocycles. The summed E-state index contributed by atoms with van der Waals surface area (Å²) >= 11 is 0. The van der Waals surface area contributed by atoms with Crippen LogP contribution in [0.15, 0.2) is 71.8 Å². The van der Waals surface area contributed by atoms with Crippen molar-refractivity contribution in [2.24, 2.45) is 5.10 Å². The van der Waals surface area contributed by atoms with Gasteiger partial charge in [-0.2, -0.15) is 5.10 Å². The van der Waals surface area contributed by atoms with E-state index in [0.29, 0.717) is 35.1 Å². The Bertz CT molecular complexity index is 1260. The van der Waals surface area contributed by atoms with Crippen LogP contribution in [0.2, 0.25) is 0 Å². The van der Waals surface area contributed by atoms with Gasteiger partial charge in [0, 0.05) is 17.7 Å². The SMILES string of the molecule is CCOc1cc(/C=N/NC(=O)c2ccc([N+](=O)[O-])cc2)ccc1OCC(=O)Nc1ccccc1OC. The average Bonchev–Trinajstić information content (AvgIpc) is 2.88. The Morgan fingerprint density at radius 1 is 1.00 bits per heavy atom. The standard InChI is InChI=1S/C25H24N4O7/c1-3-35-23-14-17(15-26-28-25(31)18-9-11-19(12-10-18)29(32)33)8-13-22(23)36-16-24(30)27-20-6-4-5-7-21(20)34-2/h4-15H,3,16H2,1-2H3,(H,27,30)(H,28,31)/b26-15+. The van der Waals surface area contributed by atoms with Gasteiger partial charge in [0.25, 0.3) is 17.5 Å². The largest absolute Gasteiger partial charge is 0.495 e. The van der Waals surface area contributed by atoms with E-state index in [2.05, 4.69) is 15.8 Å². The fourth-order valence-corrected chi connectivity index (χ4v) is 3.03. The van der Waals surface area contributed by atoms with Crippen molar-refractivity contribution in [1.82, 2.24) is 5.43 Å². The Hall–Kier alpha value is -4.93. The highest BCUT2D eigenvalue weighted by Gasteiger charge is 2.12. The number of nitro benzene ring substituents is 1. The first-order chi connectivity index (χ1) is 17.4. The van der Waals surface area contributed by atoms with Gasteiger partial charge in [-0.25, -0.2) is 5.43 Å². The molecular weight excluding hydrogens is 468 g/mol. The molecular formula is C25H24N4O7. The molecule has 0 atom stereocenters. The van der Waals surface area contributed by atoms with Crippen LogP contribution in [-0.4, -0.2) is 43.3 Å². The summed E-state index contributed by atoms with van der Waals surface area (Å²) in [6.07, 6.45) is 1.41. The Balaban J connectivity index is 1.60. The summed E-state index contributed by atoms with van der Waals surface area (Å²) in [5, 5.41) is 17.4. The van der Waals surface area contributed by atoms with Crippen LogP contribution in [0, 0.1) is 10.1 Å². The molecule has 2 amide bonds. The van der Waals surface area contributed by atoms with E-state index in [9.17, 15) is 19.7 Å². The second-order valence-corrected chi connectivity index (χ2v) is 7.18. The molecule has 0 spiro atoms. The molecule has 0 fully saturated rings. The first-order valence-corrected chi connectivity index (χ1v) is 10.8. The highest BCUT2D eigenvalue weighted by molar-refractivity contribution is 5.95. The van der Waals surface area contributed by atoms with Crippen molar-refractivity contribution in [1.29, 1.82) is 0 Å². The highest BCUT2D eigenvalue weighted by Crippen LogP contribution is 2.28. The molecule has 36 heavy (non-hydrogen) atoms. The predicted molar refractivity (Wildman–Crippen MR) is 133 cm³/mol. The van der Waals surface area contributed by atoms with Crippen LogP contribution in [0.1, 0.15) is 22.8 Å². The number of amides is 2. The summed E-state index contributed by atoms with van der Waals surface area (Å²) < 4.78 is 16.5. The third kappa shape index (κ3) is 7.03. The number of carbonyl (C=O) groups excluding carboxylic acids is 2. The van der Waals surface area contributed by atoms with Crippen molar-refractivity contribution in [2.45, 2.75) is 6.92 Å². The Morgan fingerprint density at radius 2 is 1.75 bits per heavy atom. The number of rotatable bonds is 11. The molecule has 0 aliphatic heterocycles. The summed E-state index contributed by atoms with van der Waals surface area (Å²) in [4.78, 5) is 34.7. The number of nitrogens with zero attached hydrogens (tertiary/aromatic N) is 2. The first kappa shape index (κ1) is 25.7. The van der Waals surface area contributed by atoms with E-state index in [0.717, 1.165) is 0 Å². The number of benzene rings is 3. The Labute approximate surface area is 206 Å². The second kappa shape index (κ2) is 12.5. The van der Waals surface area contributed by atoms with Crippen LogP contribution < -0.4 is 25.0 Å². The number of nitro groups is 1. The smallest absolute Gasteiger partial charge is 0.271 e. The third-order valence-corrected chi connectivity index (χ3v) is 4.73. The number of hydrogen-bond donors (Lipinski definition) is 2. The molecule has 11 nitrogen and oxygen atoms in total. The van der Waals surface area contributed by atoms with Gasteiger partial charge in [-0.1, -0.05) is 12.1 Å². The quantitative estimate of drug-likeness (QED) is 0.236. The predicted octanol–water partition coefficient (Wildman–Crippen LogP) is 3.78. The van der Waals surface area contributed by atoms with Gasteiger partial charge < -0.3 is 19.5 Å². The number of carbonyl (C=O) groups is 2. The van der Waals surface area contributed by atoms with E-state index in [1.165, 1.54) is 37.6 Å². The van der Waals surface area contributed by atoms with Crippen molar-refractivity contribution >= 4 is 29.4 Å². The van der Waals surface area contributed by atoms with E-state index >= 15 is 0 Å². The lowest BCUT2D eigenvalue weighted by Gasteiger charge is -2.13. The van der Waals surface area contributed by atoms with Crippen LogP contribution in [0.25, 0.3) is 0 Å². The monoisotopic (exact) mass is 492 g/mol. The molecule has 0 aliphatic carbocycles. The minimum atomic E-state index is -0.546. The van der Waals surface area contributed by atoms with E-state index in [4.69, 9.17) is 14.2 Å². The summed E-state index contributed by atoms with van der Waals surface area (Å²) in [6.45, 7) is 1.92. The fourth-order valence-electron chi connectivity index (χ4n) is 3.03. The number of para-hydroxylation sites is 2. The van der Waals surface area contributed by atoms with Gasteiger partial charge in [0.1, 0.15) is 5.75 Å².